The minimum Gasteiger partial charge on any atom is -0.382 e. The van der Waals surface area contributed by atoms with Gasteiger partial charge in [0.15, 0.2) is 0 Å². The van der Waals surface area contributed by atoms with E-state index in [9.17, 15) is 0 Å². The van der Waals surface area contributed by atoms with Crippen LogP contribution in [0.2, 0.25) is 0 Å². The minimum atomic E-state index is 0.223. The highest BCUT2D eigenvalue weighted by molar-refractivity contribution is 5.27. The third-order valence-electron chi connectivity index (χ3n) is 3.00. The lowest BCUT2D eigenvalue weighted by atomic mass is 9.87. The van der Waals surface area contributed by atoms with E-state index in [1.165, 1.54) is 11.1 Å². The molecule has 3 nitrogen and oxygen atoms in total. The molecule has 0 aliphatic heterocycles. The molecule has 0 spiro atoms. The molecule has 108 valence electrons. The Morgan fingerprint density at radius 3 is 2.26 bits per heavy atom. The fraction of sp³-hybridized carbons (Fsp3) is 0.625. The van der Waals surface area contributed by atoms with Crippen molar-refractivity contribution >= 4 is 0 Å². The number of hydrogen-bond acceptors (Lipinski definition) is 3. The second-order valence-electron chi connectivity index (χ2n) is 5.73. The fourth-order valence-corrected chi connectivity index (χ4v) is 1.74. The Balaban J connectivity index is 2.20. The maximum atomic E-state index is 5.39. The van der Waals surface area contributed by atoms with Gasteiger partial charge in [0.1, 0.15) is 0 Å². The van der Waals surface area contributed by atoms with Crippen molar-refractivity contribution in [3.05, 3.63) is 35.4 Å². The van der Waals surface area contributed by atoms with Crippen molar-refractivity contribution in [1.29, 1.82) is 0 Å². The lowest BCUT2D eigenvalue weighted by Gasteiger charge is -2.19. The van der Waals surface area contributed by atoms with Crippen LogP contribution in [0.4, 0.5) is 0 Å². The van der Waals surface area contributed by atoms with Crippen LogP contribution in [0.5, 0.6) is 0 Å². The van der Waals surface area contributed by atoms with Gasteiger partial charge in [-0.25, -0.2) is 0 Å². The van der Waals surface area contributed by atoms with Crippen LogP contribution in [0.25, 0.3) is 0 Å². The molecule has 1 rings (SSSR count). The zero-order valence-corrected chi connectivity index (χ0v) is 12.7. The maximum Gasteiger partial charge on any atom is 0.0700 e. The van der Waals surface area contributed by atoms with E-state index in [0.717, 1.165) is 19.7 Å². The molecule has 1 aromatic carbocycles. The van der Waals surface area contributed by atoms with Crippen LogP contribution >= 0.6 is 0 Å². The molecule has 0 unspecified atom stereocenters. The normalized spacial score (nSPS) is 11.8. The average Bonchev–Trinajstić information content (AvgIpc) is 2.37. The van der Waals surface area contributed by atoms with Crippen molar-refractivity contribution in [3.8, 4) is 0 Å². The molecular weight excluding hydrogens is 238 g/mol. The van der Waals surface area contributed by atoms with Crippen molar-refractivity contribution in [2.24, 2.45) is 0 Å². The first kappa shape index (κ1) is 16.2. The molecule has 0 saturated carbocycles. The average molecular weight is 265 g/mol. The molecule has 0 atom stereocenters. The summed E-state index contributed by atoms with van der Waals surface area (Å²) in [5, 5.41) is 3.37. The Kier molecular flexibility index (Phi) is 7.06. The molecule has 19 heavy (non-hydrogen) atoms. The van der Waals surface area contributed by atoms with Gasteiger partial charge in [0.05, 0.1) is 19.8 Å². The smallest absolute Gasteiger partial charge is 0.0700 e. The van der Waals surface area contributed by atoms with Crippen molar-refractivity contribution in [1.82, 2.24) is 5.32 Å². The summed E-state index contributed by atoms with van der Waals surface area (Å²) in [4.78, 5) is 0. The van der Waals surface area contributed by atoms with Gasteiger partial charge < -0.3 is 14.8 Å². The van der Waals surface area contributed by atoms with Crippen LogP contribution in [0.15, 0.2) is 24.3 Å². The highest BCUT2D eigenvalue weighted by Gasteiger charge is 2.12. The van der Waals surface area contributed by atoms with Crippen LogP contribution in [-0.4, -0.2) is 33.5 Å². The van der Waals surface area contributed by atoms with E-state index in [4.69, 9.17) is 9.47 Å². The van der Waals surface area contributed by atoms with Crippen LogP contribution in [0.3, 0.4) is 0 Å². The van der Waals surface area contributed by atoms with E-state index in [2.05, 4.69) is 50.4 Å². The summed E-state index contributed by atoms with van der Waals surface area (Å²) in [6.07, 6.45) is 0. The lowest BCUT2D eigenvalue weighted by molar-refractivity contribution is 0.0719. The topological polar surface area (TPSA) is 30.5 Å². The summed E-state index contributed by atoms with van der Waals surface area (Å²) in [5.41, 5.74) is 2.91. The molecule has 1 aromatic rings. The first-order valence-corrected chi connectivity index (χ1v) is 6.91. The Morgan fingerprint density at radius 1 is 1.00 bits per heavy atom. The summed E-state index contributed by atoms with van der Waals surface area (Å²) >= 11 is 0. The zero-order valence-electron chi connectivity index (χ0n) is 12.7. The first-order chi connectivity index (χ1) is 9.04. The largest absolute Gasteiger partial charge is 0.382 e. The molecule has 0 aliphatic rings. The predicted molar refractivity (Wildman–Crippen MR) is 79.5 cm³/mol. The van der Waals surface area contributed by atoms with Gasteiger partial charge in [-0.15, -0.1) is 0 Å². The molecule has 1 N–H and O–H groups in total. The summed E-state index contributed by atoms with van der Waals surface area (Å²) < 4.78 is 10.3. The Labute approximate surface area is 117 Å². The number of ether oxygens (including phenoxy) is 2. The quantitative estimate of drug-likeness (QED) is 0.733. The fourth-order valence-electron chi connectivity index (χ4n) is 1.74. The van der Waals surface area contributed by atoms with Gasteiger partial charge in [0.2, 0.25) is 0 Å². The van der Waals surface area contributed by atoms with Gasteiger partial charge in [0, 0.05) is 20.2 Å². The summed E-state index contributed by atoms with van der Waals surface area (Å²) in [6, 6.07) is 8.82. The predicted octanol–water partition coefficient (Wildman–Crippen LogP) is 2.74. The van der Waals surface area contributed by atoms with Gasteiger partial charge in [0.25, 0.3) is 0 Å². The molecule has 0 bridgehead atoms. The van der Waals surface area contributed by atoms with E-state index in [1.807, 2.05) is 0 Å². The number of methoxy groups -OCH3 is 1. The molecule has 0 heterocycles. The van der Waals surface area contributed by atoms with E-state index >= 15 is 0 Å². The van der Waals surface area contributed by atoms with Crippen LogP contribution < -0.4 is 5.32 Å². The standard InChI is InChI=1S/C16H27NO2/c1-16(2,3)15-7-5-14(6-8-15)13-17-9-10-19-12-11-18-4/h5-8,17H,9-13H2,1-4H3. The number of nitrogens with one attached hydrogen (secondary N) is 1. The summed E-state index contributed by atoms with van der Waals surface area (Å²) in [5.74, 6) is 0. The van der Waals surface area contributed by atoms with Crippen molar-refractivity contribution < 1.29 is 9.47 Å². The Bertz CT molecular complexity index is 341. The molecule has 0 amide bonds. The molecular formula is C16H27NO2. The number of benzene rings is 1. The van der Waals surface area contributed by atoms with Crippen molar-refractivity contribution in [3.63, 3.8) is 0 Å². The lowest BCUT2D eigenvalue weighted by Crippen LogP contribution is -2.20. The van der Waals surface area contributed by atoms with E-state index in [1.54, 1.807) is 7.11 Å². The second kappa shape index (κ2) is 8.31. The minimum absolute atomic E-state index is 0.223. The van der Waals surface area contributed by atoms with Crippen molar-refractivity contribution in [2.45, 2.75) is 32.7 Å². The molecule has 0 aliphatic carbocycles. The van der Waals surface area contributed by atoms with Gasteiger partial charge >= 0.3 is 0 Å². The third kappa shape index (κ3) is 6.71. The number of hydrogen-bond donors (Lipinski definition) is 1. The summed E-state index contributed by atoms with van der Waals surface area (Å²) in [6.45, 7) is 10.5. The third-order valence-corrected chi connectivity index (χ3v) is 3.00. The van der Waals surface area contributed by atoms with Gasteiger partial charge in [-0.05, 0) is 16.5 Å². The van der Waals surface area contributed by atoms with E-state index < -0.39 is 0 Å². The highest BCUT2D eigenvalue weighted by atomic mass is 16.5. The zero-order chi connectivity index (χ0) is 14.1. The molecule has 0 saturated heterocycles. The van der Waals surface area contributed by atoms with Crippen LogP contribution in [-0.2, 0) is 21.4 Å². The summed E-state index contributed by atoms with van der Waals surface area (Å²) in [7, 11) is 1.68. The first-order valence-electron chi connectivity index (χ1n) is 6.91. The van der Waals surface area contributed by atoms with Crippen LogP contribution in [0, 0.1) is 0 Å². The Hall–Kier alpha value is -0.900. The Morgan fingerprint density at radius 2 is 1.68 bits per heavy atom. The molecule has 0 fully saturated rings. The second-order valence-corrected chi connectivity index (χ2v) is 5.73. The maximum absolute atomic E-state index is 5.39. The van der Waals surface area contributed by atoms with Crippen LogP contribution in [0.1, 0.15) is 31.9 Å². The van der Waals surface area contributed by atoms with Gasteiger partial charge in [-0.3, -0.25) is 0 Å². The molecule has 3 heteroatoms. The van der Waals surface area contributed by atoms with Crippen molar-refractivity contribution in [2.75, 3.05) is 33.5 Å². The van der Waals surface area contributed by atoms with Gasteiger partial charge in [-0.1, -0.05) is 45.0 Å². The molecule has 0 radical (unpaired) electrons. The SMILES string of the molecule is COCCOCCNCc1ccc(C(C)(C)C)cc1. The van der Waals surface area contributed by atoms with E-state index in [0.29, 0.717) is 13.2 Å². The molecule has 0 aromatic heterocycles. The highest BCUT2D eigenvalue weighted by Crippen LogP contribution is 2.21. The number of rotatable bonds is 8. The van der Waals surface area contributed by atoms with Gasteiger partial charge in [-0.2, -0.15) is 0 Å². The monoisotopic (exact) mass is 265 g/mol. The van der Waals surface area contributed by atoms with E-state index in [-0.39, 0.29) is 5.41 Å².